The number of carbonyl (C=O) groups excluding carboxylic acids is 4. The highest BCUT2D eigenvalue weighted by atomic mass is 35.5. The summed E-state index contributed by atoms with van der Waals surface area (Å²) in [5.74, 6) is -0.395. The van der Waals surface area contributed by atoms with Gasteiger partial charge in [0.1, 0.15) is 29.5 Å². The number of H-pyrrole nitrogens is 1. The van der Waals surface area contributed by atoms with Crippen molar-refractivity contribution in [2.75, 3.05) is 43.5 Å². The van der Waals surface area contributed by atoms with Crippen molar-refractivity contribution in [2.24, 2.45) is 17.3 Å². The molecule has 4 heterocycles. The zero-order valence-corrected chi connectivity index (χ0v) is 36.7. The number of alkyl carbamates (subject to hydrolysis) is 1. The molecule has 0 unspecified atom stereocenters. The van der Waals surface area contributed by atoms with Crippen LogP contribution >= 0.6 is 11.6 Å². The summed E-state index contributed by atoms with van der Waals surface area (Å²) in [5.41, 5.74) is 2.64. The number of nitrogens with one attached hydrogen (secondary N) is 3. The molecule has 0 spiro atoms. The normalized spacial score (nSPS) is 20.0. The Kier molecular flexibility index (Phi) is 12.5. The zero-order valence-electron chi connectivity index (χ0n) is 36.0. The van der Waals surface area contributed by atoms with E-state index in [2.05, 4.69) is 49.1 Å². The summed E-state index contributed by atoms with van der Waals surface area (Å²) in [6, 6.07) is 10.8. The Bertz CT molecular complexity index is 2420. The summed E-state index contributed by atoms with van der Waals surface area (Å²) in [6.45, 7) is 13.8. The average molecular weight is 891 g/mol. The van der Waals surface area contributed by atoms with E-state index in [0.717, 1.165) is 18.1 Å². The molecule has 14 nitrogen and oxygen atoms in total. The fourth-order valence-electron chi connectivity index (χ4n) is 8.14. The number of benzene rings is 2. The van der Waals surface area contributed by atoms with Crippen LogP contribution < -0.4 is 20.3 Å². The summed E-state index contributed by atoms with van der Waals surface area (Å²) >= 11 is 6.60. The number of halogens is 4. The van der Waals surface area contributed by atoms with Gasteiger partial charge in [0.15, 0.2) is 0 Å². The number of imidazole rings is 1. The Morgan fingerprint density at radius 3 is 2.30 bits per heavy atom. The van der Waals surface area contributed by atoms with Crippen LogP contribution in [0.1, 0.15) is 70.2 Å². The molecule has 7 rings (SSSR count). The van der Waals surface area contributed by atoms with Gasteiger partial charge in [0.05, 0.1) is 35.3 Å². The van der Waals surface area contributed by atoms with Crippen LogP contribution in [0.2, 0.25) is 5.02 Å². The maximum absolute atomic E-state index is 13.8. The van der Waals surface area contributed by atoms with E-state index >= 15 is 0 Å². The molecule has 1 aliphatic carbocycles. The van der Waals surface area contributed by atoms with Gasteiger partial charge in [-0.05, 0) is 60.9 Å². The van der Waals surface area contributed by atoms with Crippen LogP contribution in [0.25, 0.3) is 22.4 Å². The van der Waals surface area contributed by atoms with Gasteiger partial charge in [0.25, 0.3) is 5.91 Å². The summed E-state index contributed by atoms with van der Waals surface area (Å²) in [4.78, 5) is 69.9. The van der Waals surface area contributed by atoms with Gasteiger partial charge in [-0.3, -0.25) is 14.4 Å². The first-order valence-corrected chi connectivity index (χ1v) is 21.0. The number of piperazine rings is 1. The van der Waals surface area contributed by atoms with Gasteiger partial charge in [-0.15, -0.1) is 13.2 Å². The summed E-state index contributed by atoms with van der Waals surface area (Å²) < 4.78 is 50.5. The summed E-state index contributed by atoms with van der Waals surface area (Å²) in [5, 5.41) is 5.18. The molecule has 4 aromatic rings. The lowest BCUT2D eigenvalue weighted by atomic mass is 10.0. The molecule has 4 atom stereocenters. The Morgan fingerprint density at radius 2 is 1.70 bits per heavy atom. The lowest BCUT2D eigenvalue weighted by Crippen LogP contribution is -2.54. The molecule has 4 amide bonds. The lowest BCUT2D eigenvalue weighted by molar-refractivity contribution is -0.274. The molecule has 2 fully saturated rings. The average Bonchev–Trinajstić information content (AvgIpc) is 3.52. The first kappa shape index (κ1) is 44.9. The number of amides is 4. The van der Waals surface area contributed by atoms with E-state index < -0.39 is 36.2 Å². The highest BCUT2D eigenvalue weighted by Crippen LogP contribution is 2.52. The second-order valence-corrected chi connectivity index (χ2v) is 17.8. The van der Waals surface area contributed by atoms with Gasteiger partial charge < -0.3 is 39.8 Å². The number of hydrogen-bond donors (Lipinski definition) is 3. The van der Waals surface area contributed by atoms with Crippen LogP contribution in [-0.2, 0) is 14.3 Å². The Hall–Kier alpha value is -6.10. The maximum atomic E-state index is 13.8. The molecule has 2 aromatic carbocycles. The van der Waals surface area contributed by atoms with Gasteiger partial charge in [0.2, 0.25) is 11.8 Å². The molecular weight excluding hydrogens is 841 g/mol. The van der Waals surface area contributed by atoms with E-state index in [0.29, 0.717) is 54.6 Å². The van der Waals surface area contributed by atoms with Crippen molar-refractivity contribution < 1.29 is 41.8 Å². The van der Waals surface area contributed by atoms with Crippen LogP contribution in [0.15, 0.2) is 72.6 Å². The minimum absolute atomic E-state index is 0.00725. The smallest absolute Gasteiger partial charge is 0.453 e. The third kappa shape index (κ3) is 9.93. The second-order valence-electron chi connectivity index (χ2n) is 17.3. The van der Waals surface area contributed by atoms with Crippen molar-refractivity contribution in [3.63, 3.8) is 0 Å². The number of aromatic amines is 1. The van der Waals surface area contributed by atoms with Crippen LogP contribution in [0.5, 0.6) is 5.75 Å². The van der Waals surface area contributed by atoms with E-state index in [-0.39, 0.29) is 56.9 Å². The molecule has 2 aliphatic heterocycles. The van der Waals surface area contributed by atoms with Crippen LogP contribution in [0, 0.1) is 17.3 Å². The van der Waals surface area contributed by atoms with Crippen LogP contribution in [0.4, 0.5) is 29.5 Å². The van der Waals surface area contributed by atoms with Gasteiger partial charge in [-0.2, -0.15) is 0 Å². The highest BCUT2D eigenvalue weighted by molar-refractivity contribution is 6.34. The second kappa shape index (κ2) is 17.6. The lowest BCUT2D eigenvalue weighted by Gasteiger charge is -2.40. The zero-order chi connectivity index (χ0) is 45.5. The first-order valence-electron chi connectivity index (χ1n) is 20.6. The molecule has 3 aliphatic rings. The number of ether oxygens (including phenoxy) is 2. The van der Waals surface area contributed by atoms with E-state index in [9.17, 15) is 32.3 Å². The fraction of sp³-hybridized carbons (Fsp3) is 0.422. The number of anilines is 2. The van der Waals surface area contributed by atoms with Crippen molar-refractivity contribution in [1.82, 2.24) is 30.1 Å². The third-order valence-electron chi connectivity index (χ3n) is 11.9. The predicted molar refractivity (Wildman–Crippen MR) is 231 cm³/mol. The number of carbonyl (C=O) groups is 4. The van der Waals surface area contributed by atoms with E-state index in [1.807, 2.05) is 38.7 Å². The summed E-state index contributed by atoms with van der Waals surface area (Å²) in [7, 11) is 1.23. The number of alkyl halides is 3. The van der Waals surface area contributed by atoms with Crippen molar-refractivity contribution in [2.45, 2.75) is 72.5 Å². The van der Waals surface area contributed by atoms with Crippen LogP contribution in [0.3, 0.4) is 0 Å². The fourth-order valence-corrected chi connectivity index (χ4v) is 8.35. The maximum Gasteiger partial charge on any atom is 0.573 e. The van der Waals surface area contributed by atoms with Gasteiger partial charge in [-0.1, -0.05) is 75.2 Å². The number of rotatable bonds is 11. The quantitative estimate of drug-likeness (QED) is 0.126. The monoisotopic (exact) mass is 890 g/mol. The predicted octanol–water partition coefficient (Wildman–Crippen LogP) is 8.24. The number of aromatic nitrogens is 3. The molecule has 2 aromatic heterocycles. The highest BCUT2D eigenvalue weighted by Gasteiger charge is 2.52. The molecule has 1 saturated carbocycles. The molecule has 0 radical (unpaired) electrons. The number of nitrogens with zero attached hydrogens (tertiary/aromatic N) is 5. The molecule has 18 heteroatoms. The van der Waals surface area contributed by atoms with Crippen LogP contribution in [-0.4, -0.2) is 100 Å². The summed E-state index contributed by atoms with van der Waals surface area (Å²) in [6.07, 6.45) is 0.0103. The minimum Gasteiger partial charge on any atom is -0.453 e. The molecular formula is C45H50ClF3N8O6. The SMILES string of the molecule is COC(=O)N[C@H](C(=O)N1CC(C)=C[C@H]1c1ncc(-c2ccc(-c3cc(Cl)c(NC(=O)c4ccc(N5CCN(C(=O)[C@H]6CC6(C)C)C[C@H]5C)nc4)cc3OC(F)(F)F)cc2)[nH]1)C(C)C. The van der Waals surface area contributed by atoms with Gasteiger partial charge in [-0.25, -0.2) is 14.8 Å². The largest absolute Gasteiger partial charge is 0.573 e. The van der Waals surface area contributed by atoms with E-state index in [1.165, 1.54) is 19.4 Å². The van der Waals surface area contributed by atoms with Gasteiger partial charge in [0, 0.05) is 56.0 Å². The Labute approximate surface area is 368 Å². The van der Waals surface area contributed by atoms with Crippen molar-refractivity contribution in [3.05, 3.63) is 89.0 Å². The molecule has 0 bridgehead atoms. The molecule has 3 N–H and O–H groups in total. The first-order chi connectivity index (χ1) is 29.7. The van der Waals surface area contributed by atoms with Gasteiger partial charge >= 0.3 is 12.5 Å². The topological polar surface area (TPSA) is 162 Å². The Morgan fingerprint density at radius 1 is 1.00 bits per heavy atom. The number of pyridine rings is 1. The van der Waals surface area contributed by atoms with Crippen molar-refractivity contribution in [1.29, 1.82) is 0 Å². The number of methoxy groups -OCH3 is 1. The van der Waals surface area contributed by atoms with E-state index in [4.69, 9.17) is 16.3 Å². The van der Waals surface area contributed by atoms with Crippen molar-refractivity contribution >= 4 is 46.9 Å². The minimum atomic E-state index is -5.06. The Balaban J connectivity index is 1.04. The molecule has 1 saturated heterocycles. The van der Waals surface area contributed by atoms with E-state index in [1.54, 1.807) is 47.5 Å². The third-order valence-corrected chi connectivity index (χ3v) is 12.2. The number of hydrogen-bond acceptors (Lipinski definition) is 9. The molecule has 63 heavy (non-hydrogen) atoms. The van der Waals surface area contributed by atoms with Crippen molar-refractivity contribution in [3.8, 4) is 28.1 Å². The molecule has 334 valence electrons. The standard InChI is InChI=1S/C45H50ClF3N8O6/c1-24(2)38(54-43(61)62-7)42(60)57-22-25(3)16-35(57)39-51-21-34(52-39)28-10-8-27(9-11-28)30-17-32(46)33(18-36(30)63-45(47,48)49)53-40(58)29-12-13-37(50-20-29)56-15-14-55(23-26(56)4)41(59)31-19-44(31,5)6/h8-13,16-18,20-21,24,26,31,35,38H,14-15,19,22-23H2,1-7H3,(H,51,52)(H,53,58)(H,54,61)/t26-,31-,35+,38+/m1/s1.